The van der Waals surface area contributed by atoms with Gasteiger partial charge in [-0.25, -0.2) is 0 Å². The normalized spacial score (nSPS) is 24.1. The van der Waals surface area contributed by atoms with Crippen molar-refractivity contribution in [1.82, 2.24) is 9.44 Å². The van der Waals surface area contributed by atoms with Crippen molar-refractivity contribution in [2.24, 2.45) is 5.92 Å². The van der Waals surface area contributed by atoms with E-state index in [4.69, 9.17) is 4.74 Å². The molecule has 7 nitrogen and oxygen atoms in total. The maximum Gasteiger partial charge on any atom is 0.308 e. The van der Waals surface area contributed by atoms with E-state index in [2.05, 4.69) is 14.2 Å². The molecule has 1 fully saturated rings. The zero-order valence-electron chi connectivity index (χ0n) is 11.3. The van der Waals surface area contributed by atoms with Crippen molar-refractivity contribution in [3.05, 3.63) is 0 Å². The van der Waals surface area contributed by atoms with Gasteiger partial charge in [-0.2, -0.15) is 17.9 Å². The van der Waals surface area contributed by atoms with Gasteiger partial charge < -0.3 is 9.47 Å². The second-order valence-corrected chi connectivity index (χ2v) is 6.11. The minimum Gasteiger partial charge on any atom is -0.469 e. The van der Waals surface area contributed by atoms with Crippen LogP contribution < -0.4 is 9.44 Å². The molecule has 1 rings (SSSR count). The number of hydrogen-bond donors (Lipinski definition) is 2. The van der Waals surface area contributed by atoms with Crippen molar-refractivity contribution >= 4 is 16.2 Å². The van der Waals surface area contributed by atoms with Crippen LogP contribution in [0.5, 0.6) is 0 Å². The average molecular weight is 294 g/mol. The van der Waals surface area contributed by atoms with Gasteiger partial charge in [0, 0.05) is 19.7 Å². The first kappa shape index (κ1) is 16.4. The Morgan fingerprint density at radius 3 is 2.37 bits per heavy atom. The summed E-state index contributed by atoms with van der Waals surface area (Å²) in [6.07, 6.45) is 2.59. The predicted molar refractivity (Wildman–Crippen MR) is 69.7 cm³/mol. The summed E-state index contributed by atoms with van der Waals surface area (Å²) in [6.45, 7) is 0.569. The highest BCUT2D eigenvalue weighted by Gasteiger charge is 2.28. The summed E-state index contributed by atoms with van der Waals surface area (Å²) in [5.41, 5.74) is 0. The second-order valence-electron chi connectivity index (χ2n) is 4.58. The molecule has 2 N–H and O–H groups in total. The summed E-state index contributed by atoms with van der Waals surface area (Å²) in [7, 11) is -0.611. The van der Waals surface area contributed by atoms with Gasteiger partial charge in [-0.1, -0.05) is 0 Å². The lowest BCUT2D eigenvalue weighted by molar-refractivity contribution is -0.146. The molecule has 0 aromatic carbocycles. The predicted octanol–water partition coefficient (Wildman–Crippen LogP) is -0.211. The molecule has 0 atom stereocenters. The molecule has 0 aliphatic heterocycles. The maximum atomic E-state index is 11.7. The fraction of sp³-hybridized carbons (Fsp3) is 0.909. The molecule has 0 aromatic heterocycles. The number of esters is 1. The lowest BCUT2D eigenvalue weighted by Crippen LogP contribution is -2.45. The van der Waals surface area contributed by atoms with E-state index in [9.17, 15) is 13.2 Å². The Labute approximate surface area is 114 Å². The molecule has 0 heterocycles. The van der Waals surface area contributed by atoms with E-state index in [0.29, 0.717) is 32.3 Å². The largest absolute Gasteiger partial charge is 0.469 e. The second kappa shape index (κ2) is 7.78. The Hall–Kier alpha value is -0.700. The molecular formula is C11H22N2O5S. The standard InChI is InChI=1S/C11H22N2O5S/c1-17-8-7-12-19(15,16)13-10-5-3-9(4-6-10)11(14)18-2/h9-10,12-13H,3-8H2,1-2H3. The molecule has 0 spiro atoms. The Morgan fingerprint density at radius 2 is 1.84 bits per heavy atom. The Morgan fingerprint density at radius 1 is 1.21 bits per heavy atom. The Kier molecular flexibility index (Phi) is 6.70. The number of rotatable bonds is 7. The first-order valence-corrected chi connectivity index (χ1v) is 7.80. The van der Waals surface area contributed by atoms with E-state index in [1.165, 1.54) is 14.2 Å². The topological polar surface area (TPSA) is 93.7 Å². The van der Waals surface area contributed by atoms with Crippen molar-refractivity contribution in [3.63, 3.8) is 0 Å². The number of carbonyl (C=O) groups excluding carboxylic acids is 1. The van der Waals surface area contributed by atoms with Crippen LogP contribution in [0, 0.1) is 5.92 Å². The van der Waals surface area contributed by atoms with Gasteiger partial charge in [0.2, 0.25) is 0 Å². The smallest absolute Gasteiger partial charge is 0.308 e. The average Bonchev–Trinajstić information content (AvgIpc) is 2.38. The third-order valence-corrected chi connectivity index (χ3v) is 4.41. The first-order chi connectivity index (χ1) is 8.98. The summed E-state index contributed by atoms with van der Waals surface area (Å²) in [4.78, 5) is 11.3. The zero-order valence-corrected chi connectivity index (χ0v) is 12.2. The van der Waals surface area contributed by atoms with E-state index >= 15 is 0 Å². The molecule has 1 saturated carbocycles. The van der Waals surface area contributed by atoms with Crippen molar-refractivity contribution < 1.29 is 22.7 Å². The van der Waals surface area contributed by atoms with Crippen LogP contribution in [0.3, 0.4) is 0 Å². The highest BCUT2D eigenvalue weighted by atomic mass is 32.2. The van der Waals surface area contributed by atoms with Gasteiger partial charge in [0.25, 0.3) is 10.2 Å². The van der Waals surface area contributed by atoms with E-state index in [-0.39, 0.29) is 24.5 Å². The van der Waals surface area contributed by atoms with Crippen molar-refractivity contribution in [3.8, 4) is 0 Å². The van der Waals surface area contributed by atoms with Gasteiger partial charge in [-0.15, -0.1) is 0 Å². The molecule has 112 valence electrons. The molecular weight excluding hydrogens is 272 g/mol. The monoisotopic (exact) mass is 294 g/mol. The third kappa shape index (κ3) is 5.85. The van der Waals surface area contributed by atoms with Crippen LogP contribution in [0.15, 0.2) is 0 Å². The van der Waals surface area contributed by atoms with Gasteiger partial charge >= 0.3 is 5.97 Å². The number of methoxy groups -OCH3 is 2. The number of carbonyl (C=O) groups is 1. The summed E-state index contributed by atoms with van der Waals surface area (Å²) >= 11 is 0. The summed E-state index contributed by atoms with van der Waals surface area (Å²) < 4.78 is 37.8. The van der Waals surface area contributed by atoms with Gasteiger partial charge in [0.1, 0.15) is 0 Å². The van der Waals surface area contributed by atoms with Crippen molar-refractivity contribution in [2.75, 3.05) is 27.4 Å². The highest BCUT2D eigenvalue weighted by Crippen LogP contribution is 2.25. The molecule has 0 saturated heterocycles. The van der Waals surface area contributed by atoms with Crippen LogP contribution in [0.2, 0.25) is 0 Å². The Balaban J connectivity index is 2.34. The van der Waals surface area contributed by atoms with Crippen LogP contribution in [0.4, 0.5) is 0 Å². The van der Waals surface area contributed by atoms with Crippen LogP contribution in [-0.2, 0) is 24.5 Å². The molecule has 0 radical (unpaired) electrons. The van der Waals surface area contributed by atoms with Crippen LogP contribution in [-0.4, -0.2) is 47.8 Å². The third-order valence-electron chi connectivity index (χ3n) is 3.18. The van der Waals surface area contributed by atoms with E-state index in [0.717, 1.165) is 0 Å². The summed E-state index contributed by atoms with van der Waals surface area (Å²) in [5.74, 6) is -0.313. The lowest BCUT2D eigenvalue weighted by Gasteiger charge is -2.27. The van der Waals surface area contributed by atoms with E-state index < -0.39 is 10.2 Å². The molecule has 0 unspecified atom stereocenters. The van der Waals surface area contributed by atoms with Crippen molar-refractivity contribution in [1.29, 1.82) is 0 Å². The summed E-state index contributed by atoms with van der Waals surface area (Å²) in [6, 6.07) is -0.124. The SMILES string of the molecule is COCCNS(=O)(=O)NC1CCC(C(=O)OC)CC1. The molecule has 0 aromatic rings. The fourth-order valence-electron chi connectivity index (χ4n) is 2.15. The Bertz CT molecular complexity index is 377. The van der Waals surface area contributed by atoms with Gasteiger partial charge in [0.05, 0.1) is 19.6 Å². The number of ether oxygens (including phenoxy) is 2. The molecule has 1 aliphatic carbocycles. The minimum atomic E-state index is -3.49. The van der Waals surface area contributed by atoms with Crippen LogP contribution in [0.1, 0.15) is 25.7 Å². The first-order valence-electron chi connectivity index (χ1n) is 6.32. The van der Waals surface area contributed by atoms with E-state index in [1.54, 1.807) is 0 Å². The molecule has 1 aliphatic rings. The molecule has 8 heteroatoms. The minimum absolute atomic E-state index is 0.104. The fourth-order valence-corrected chi connectivity index (χ4v) is 3.26. The zero-order chi connectivity index (χ0) is 14.3. The number of nitrogens with one attached hydrogen (secondary N) is 2. The number of hydrogen-bond acceptors (Lipinski definition) is 5. The maximum absolute atomic E-state index is 11.7. The molecule has 19 heavy (non-hydrogen) atoms. The quantitative estimate of drug-likeness (QED) is 0.500. The van der Waals surface area contributed by atoms with Crippen LogP contribution in [0.25, 0.3) is 0 Å². The highest BCUT2D eigenvalue weighted by molar-refractivity contribution is 7.87. The lowest BCUT2D eigenvalue weighted by atomic mass is 9.86. The van der Waals surface area contributed by atoms with Gasteiger partial charge in [-0.05, 0) is 25.7 Å². The molecule has 0 amide bonds. The van der Waals surface area contributed by atoms with E-state index in [1.807, 2.05) is 0 Å². The van der Waals surface area contributed by atoms with Crippen LogP contribution >= 0.6 is 0 Å². The van der Waals surface area contributed by atoms with Gasteiger partial charge in [0.15, 0.2) is 0 Å². The van der Waals surface area contributed by atoms with Gasteiger partial charge in [-0.3, -0.25) is 4.79 Å². The van der Waals surface area contributed by atoms with Crippen molar-refractivity contribution in [2.45, 2.75) is 31.7 Å². The molecule has 0 bridgehead atoms. The summed E-state index contributed by atoms with van der Waals surface area (Å²) in [5, 5.41) is 0.